The molecule has 2 unspecified atom stereocenters. The van der Waals surface area contributed by atoms with Crippen molar-refractivity contribution >= 4 is 11.7 Å². The number of aromatic nitrogens is 1. The molecule has 0 aliphatic heterocycles. The zero-order chi connectivity index (χ0) is 14.4. The highest BCUT2D eigenvalue weighted by molar-refractivity contribution is 5.70. The van der Waals surface area contributed by atoms with Crippen LogP contribution in [0.3, 0.4) is 0 Å². The van der Waals surface area contributed by atoms with E-state index in [1.165, 1.54) is 19.4 Å². The first kappa shape index (κ1) is 15.2. The molecular formula is C12H18N2O5. The van der Waals surface area contributed by atoms with E-state index in [0.717, 1.165) is 0 Å². The van der Waals surface area contributed by atoms with Crippen LogP contribution < -0.4 is 10.5 Å². The second-order valence-electron chi connectivity index (χ2n) is 3.89. The van der Waals surface area contributed by atoms with Gasteiger partial charge < -0.3 is 25.4 Å². The van der Waals surface area contributed by atoms with E-state index in [2.05, 4.69) is 9.72 Å². The fraction of sp³-hybridized carbons (Fsp3) is 0.500. The molecule has 7 nitrogen and oxygen atoms in total. The van der Waals surface area contributed by atoms with Gasteiger partial charge in [0.15, 0.2) is 0 Å². The fourth-order valence-corrected chi connectivity index (χ4v) is 1.54. The Bertz CT molecular complexity index is 438. The molecule has 1 rings (SSSR count). The molecule has 106 valence electrons. The lowest BCUT2D eigenvalue weighted by molar-refractivity contribution is -0.147. The summed E-state index contributed by atoms with van der Waals surface area (Å²) in [5, 5.41) is 19.6. The number of aliphatic hydroxyl groups is 2. The van der Waals surface area contributed by atoms with Gasteiger partial charge in [-0.15, -0.1) is 0 Å². The van der Waals surface area contributed by atoms with Crippen LogP contribution in [0.4, 0.5) is 5.69 Å². The molecule has 1 aromatic heterocycles. The Morgan fingerprint density at radius 3 is 2.74 bits per heavy atom. The van der Waals surface area contributed by atoms with Crippen LogP contribution in [0.15, 0.2) is 12.3 Å². The first-order valence-electron chi connectivity index (χ1n) is 5.80. The highest BCUT2D eigenvalue weighted by Gasteiger charge is 2.23. The Morgan fingerprint density at radius 1 is 1.53 bits per heavy atom. The number of carbonyl (C=O) groups is 1. The van der Waals surface area contributed by atoms with Crippen LogP contribution in [0.25, 0.3) is 0 Å². The molecule has 7 heteroatoms. The van der Waals surface area contributed by atoms with Gasteiger partial charge in [0.25, 0.3) is 0 Å². The Kier molecular flexibility index (Phi) is 5.53. The first-order valence-corrected chi connectivity index (χ1v) is 5.80. The predicted octanol–water partition coefficient (Wildman–Crippen LogP) is 0.0199. The molecule has 1 aromatic rings. The maximum atomic E-state index is 11.2. The number of anilines is 1. The third kappa shape index (κ3) is 4.08. The third-order valence-corrected chi connectivity index (χ3v) is 2.48. The molecule has 0 aliphatic carbocycles. The second kappa shape index (κ2) is 6.91. The number of nitrogens with two attached hydrogens (primary N) is 1. The Labute approximate surface area is 111 Å². The fourth-order valence-electron chi connectivity index (χ4n) is 1.54. The van der Waals surface area contributed by atoms with Gasteiger partial charge in [-0.1, -0.05) is 0 Å². The van der Waals surface area contributed by atoms with E-state index in [9.17, 15) is 15.0 Å². The Hall–Kier alpha value is -1.86. The number of nitrogens with zero attached hydrogens (tertiary/aromatic N) is 1. The normalized spacial score (nSPS) is 13.7. The van der Waals surface area contributed by atoms with Crippen LogP contribution in [-0.2, 0) is 9.53 Å². The summed E-state index contributed by atoms with van der Waals surface area (Å²) in [6.45, 7) is 1.88. The topological polar surface area (TPSA) is 115 Å². The third-order valence-electron chi connectivity index (χ3n) is 2.48. The van der Waals surface area contributed by atoms with Crippen LogP contribution >= 0.6 is 0 Å². The van der Waals surface area contributed by atoms with Crippen molar-refractivity contribution in [2.45, 2.75) is 25.6 Å². The summed E-state index contributed by atoms with van der Waals surface area (Å²) in [5.74, 6) is -0.348. The van der Waals surface area contributed by atoms with Crippen LogP contribution in [0.2, 0.25) is 0 Å². The number of esters is 1. The number of pyridine rings is 1. The zero-order valence-corrected chi connectivity index (χ0v) is 10.9. The van der Waals surface area contributed by atoms with Gasteiger partial charge >= 0.3 is 5.97 Å². The summed E-state index contributed by atoms with van der Waals surface area (Å²) in [6, 6.07) is 1.44. The standard InChI is InChI=1S/C12H18N2O5/c1-3-19-10(16)5-9(15)11(17)7-4-8(13)12(18-2)14-6-7/h4,6,9,11,15,17H,3,5,13H2,1-2H3. The van der Waals surface area contributed by atoms with Crippen molar-refractivity contribution in [3.8, 4) is 5.88 Å². The summed E-state index contributed by atoms with van der Waals surface area (Å²) in [4.78, 5) is 15.1. The number of rotatable bonds is 6. The highest BCUT2D eigenvalue weighted by Crippen LogP contribution is 2.25. The average molecular weight is 270 g/mol. The number of carbonyl (C=O) groups excluding carboxylic acids is 1. The van der Waals surface area contributed by atoms with Crippen LogP contribution in [0, 0.1) is 0 Å². The molecular weight excluding hydrogens is 252 g/mol. The number of methoxy groups -OCH3 is 1. The summed E-state index contributed by atoms with van der Waals surface area (Å²) in [7, 11) is 1.42. The molecule has 0 amide bonds. The zero-order valence-electron chi connectivity index (χ0n) is 10.9. The van der Waals surface area contributed by atoms with E-state index in [-0.39, 0.29) is 24.6 Å². The average Bonchev–Trinajstić information content (AvgIpc) is 2.37. The molecule has 0 radical (unpaired) electrons. The lowest BCUT2D eigenvalue weighted by Crippen LogP contribution is -2.23. The predicted molar refractivity (Wildman–Crippen MR) is 67.4 cm³/mol. The van der Waals surface area contributed by atoms with Crippen molar-refractivity contribution in [2.75, 3.05) is 19.5 Å². The molecule has 0 bridgehead atoms. The summed E-state index contributed by atoms with van der Waals surface area (Å²) in [6.07, 6.45) is -1.53. The summed E-state index contributed by atoms with van der Waals surface area (Å²) in [5.41, 5.74) is 6.19. The van der Waals surface area contributed by atoms with Gasteiger partial charge in [0, 0.05) is 11.8 Å². The maximum Gasteiger partial charge on any atom is 0.308 e. The van der Waals surface area contributed by atoms with Crippen molar-refractivity contribution in [1.82, 2.24) is 4.98 Å². The van der Waals surface area contributed by atoms with Crippen LogP contribution in [-0.4, -0.2) is 41.0 Å². The van der Waals surface area contributed by atoms with E-state index in [1.807, 2.05) is 0 Å². The molecule has 1 heterocycles. The first-order chi connectivity index (χ1) is 8.99. The molecule has 19 heavy (non-hydrogen) atoms. The van der Waals surface area contributed by atoms with Crippen LogP contribution in [0.5, 0.6) is 5.88 Å². The molecule has 0 aliphatic rings. The lowest BCUT2D eigenvalue weighted by Gasteiger charge is -2.17. The van der Waals surface area contributed by atoms with Gasteiger partial charge in [0.05, 0.1) is 31.9 Å². The van der Waals surface area contributed by atoms with Crippen molar-refractivity contribution in [3.05, 3.63) is 17.8 Å². The highest BCUT2D eigenvalue weighted by atomic mass is 16.5. The molecule has 0 spiro atoms. The van der Waals surface area contributed by atoms with E-state index in [1.54, 1.807) is 6.92 Å². The number of nitrogen functional groups attached to an aromatic ring is 1. The van der Waals surface area contributed by atoms with E-state index >= 15 is 0 Å². The number of aliphatic hydroxyl groups excluding tert-OH is 2. The SMILES string of the molecule is CCOC(=O)CC(O)C(O)c1cnc(OC)c(N)c1. The minimum absolute atomic E-state index is 0.221. The minimum atomic E-state index is -1.28. The van der Waals surface area contributed by atoms with Gasteiger partial charge in [0.1, 0.15) is 6.10 Å². The number of ether oxygens (including phenoxy) is 2. The molecule has 4 N–H and O–H groups in total. The molecule has 0 saturated heterocycles. The lowest BCUT2D eigenvalue weighted by atomic mass is 10.0. The summed E-state index contributed by atoms with van der Waals surface area (Å²) < 4.78 is 9.57. The van der Waals surface area contributed by atoms with Gasteiger partial charge in [-0.25, -0.2) is 4.98 Å². The maximum absolute atomic E-state index is 11.2. The van der Waals surface area contributed by atoms with Crippen molar-refractivity contribution in [3.63, 3.8) is 0 Å². The Morgan fingerprint density at radius 2 is 2.21 bits per heavy atom. The molecule has 0 saturated carbocycles. The van der Waals surface area contributed by atoms with Gasteiger partial charge in [-0.2, -0.15) is 0 Å². The summed E-state index contributed by atoms with van der Waals surface area (Å²) >= 11 is 0. The second-order valence-corrected chi connectivity index (χ2v) is 3.89. The quantitative estimate of drug-likeness (QED) is 0.624. The Balaban J connectivity index is 2.73. The number of hydrogen-bond donors (Lipinski definition) is 3. The van der Waals surface area contributed by atoms with E-state index in [0.29, 0.717) is 5.56 Å². The van der Waals surface area contributed by atoms with Crippen molar-refractivity contribution in [2.24, 2.45) is 0 Å². The van der Waals surface area contributed by atoms with Crippen molar-refractivity contribution in [1.29, 1.82) is 0 Å². The monoisotopic (exact) mass is 270 g/mol. The molecule has 2 atom stereocenters. The molecule has 0 fully saturated rings. The number of hydrogen-bond acceptors (Lipinski definition) is 7. The van der Waals surface area contributed by atoms with Gasteiger partial charge in [0.2, 0.25) is 5.88 Å². The largest absolute Gasteiger partial charge is 0.480 e. The van der Waals surface area contributed by atoms with Gasteiger partial charge in [-0.3, -0.25) is 4.79 Å². The van der Waals surface area contributed by atoms with Gasteiger partial charge in [-0.05, 0) is 13.0 Å². The van der Waals surface area contributed by atoms with E-state index in [4.69, 9.17) is 10.5 Å². The minimum Gasteiger partial charge on any atom is -0.480 e. The van der Waals surface area contributed by atoms with Crippen molar-refractivity contribution < 1.29 is 24.5 Å². The smallest absolute Gasteiger partial charge is 0.308 e. The van der Waals surface area contributed by atoms with Crippen LogP contribution in [0.1, 0.15) is 25.0 Å². The van der Waals surface area contributed by atoms with E-state index < -0.39 is 18.2 Å². The molecule has 0 aromatic carbocycles.